The Morgan fingerprint density at radius 3 is 2.55 bits per heavy atom. The van der Waals surface area contributed by atoms with Gasteiger partial charge in [-0.2, -0.15) is 13.2 Å². The molecule has 1 N–H and O–H groups in total. The number of halogens is 4. The Labute approximate surface area is 113 Å². The highest BCUT2D eigenvalue weighted by atomic mass is 19.4. The molecule has 1 rings (SSSR count). The van der Waals surface area contributed by atoms with Gasteiger partial charge >= 0.3 is 12.1 Å². The fraction of sp³-hybridized carbons (Fsp3) is 0.308. The largest absolute Gasteiger partial charge is 0.478 e. The summed E-state index contributed by atoms with van der Waals surface area (Å²) in [5.74, 6) is -1.84. The third-order valence-electron chi connectivity index (χ3n) is 2.49. The van der Waals surface area contributed by atoms with E-state index in [4.69, 9.17) is 5.11 Å². The van der Waals surface area contributed by atoms with Crippen molar-refractivity contribution in [3.05, 3.63) is 35.7 Å². The van der Waals surface area contributed by atoms with Crippen molar-refractivity contribution in [2.75, 3.05) is 18.5 Å². The third-order valence-corrected chi connectivity index (χ3v) is 2.49. The second-order valence-corrected chi connectivity index (χ2v) is 4.20. The average Bonchev–Trinajstić information content (AvgIpc) is 2.32. The van der Waals surface area contributed by atoms with Crippen molar-refractivity contribution in [3.8, 4) is 0 Å². The third kappa shape index (κ3) is 5.73. The van der Waals surface area contributed by atoms with Gasteiger partial charge < -0.3 is 10.0 Å². The summed E-state index contributed by atoms with van der Waals surface area (Å²) in [6, 6.07) is 3.61. The van der Waals surface area contributed by atoms with E-state index in [1.807, 2.05) is 0 Å². The van der Waals surface area contributed by atoms with Gasteiger partial charge in [-0.1, -0.05) is 0 Å². The molecule has 0 bridgehead atoms. The molecule has 0 aromatic heterocycles. The Kier molecular flexibility index (Phi) is 5.12. The molecule has 0 atom stereocenters. The first kappa shape index (κ1) is 16.0. The molecule has 0 radical (unpaired) electrons. The number of nitrogens with zero attached hydrogens (tertiary/aromatic N) is 1. The number of rotatable bonds is 5. The van der Waals surface area contributed by atoms with Crippen molar-refractivity contribution in [1.29, 1.82) is 0 Å². The molecular weight excluding hydrogens is 278 g/mol. The van der Waals surface area contributed by atoms with Gasteiger partial charge in [0.05, 0.1) is 6.42 Å². The van der Waals surface area contributed by atoms with E-state index >= 15 is 0 Å². The topological polar surface area (TPSA) is 40.5 Å². The molecule has 0 amide bonds. The number of carbonyl (C=O) groups is 1. The van der Waals surface area contributed by atoms with E-state index in [1.165, 1.54) is 24.1 Å². The van der Waals surface area contributed by atoms with Crippen LogP contribution in [0.1, 0.15) is 12.0 Å². The predicted molar refractivity (Wildman–Crippen MR) is 67.0 cm³/mol. The van der Waals surface area contributed by atoms with Gasteiger partial charge in [0.2, 0.25) is 0 Å². The fourth-order valence-corrected chi connectivity index (χ4v) is 1.50. The van der Waals surface area contributed by atoms with Gasteiger partial charge in [-0.15, -0.1) is 0 Å². The normalized spacial score (nSPS) is 11.8. The van der Waals surface area contributed by atoms with E-state index in [0.29, 0.717) is 0 Å². The van der Waals surface area contributed by atoms with Crippen LogP contribution < -0.4 is 4.90 Å². The van der Waals surface area contributed by atoms with E-state index in [1.54, 1.807) is 0 Å². The summed E-state index contributed by atoms with van der Waals surface area (Å²) < 4.78 is 49.7. The van der Waals surface area contributed by atoms with Crippen molar-refractivity contribution in [1.82, 2.24) is 0 Å². The predicted octanol–water partition coefficient (Wildman–Crippen LogP) is 3.31. The molecule has 0 saturated carbocycles. The van der Waals surface area contributed by atoms with Crippen LogP contribution in [0.25, 0.3) is 6.08 Å². The monoisotopic (exact) mass is 291 g/mol. The summed E-state index contributed by atoms with van der Waals surface area (Å²) in [5.41, 5.74) is 0.514. The van der Waals surface area contributed by atoms with Crippen molar-refractivity contribution < 1.29 is 27.5 Å². The number of benzene rings is 1. The van der Waals surface area contributed by atoms with E-state index < -0.39 is 24.4 Å². The molecule has 3 nitrogen and oxygen atoms in total. The number of carboxylic acid groups (broad SMARTS) is 1. The smallest absolute Gasteiger partial charge is 0.390 e. The molecule has 0 unspecified atom stereocenters. The lowest BCUT2D eigenvalue weighted by Crippen LogP contribution is -2.24. The van der Waals surface area contributed by atoms with Crippen LogP contribution in [0.5, 0.6) is 0 Å². The lowest BCUT2D eigenvalue weighted by molar-refractivity contribution is -0.132. The molecule has 0 fully saturated rings. The van der Waals surface area contributed by atoms with Crippen LogP contribution in [-0.2, 0) is 4.79 Å². The Bertz CT molecular complexity index is 512. The van der Waals surface area contributed by atoms with Gasteiger partial charge in [-0.05, 0) is 29.8 Å². The van der Waals surface area contributed by atoms with Crippen LogP contribution >= 0.6 is 0 Å². The highest BCUT2D eigenvalue weighted by Crippen LogP contribution is 2.23. The van der Waals surface area contributed by atoms with Crippen molar-refractivity contribution in [2.24, 2.45) is 0 Å². The van der Waals surface area contributed by atoms with Gasteiger partial charge in [-0.3, -0.25) is 0 Å². The maximum Gasteiger partial charge on any atom is 0.390 e. The summed E-state index contributed by atoms with van der Waals surface area (Å²) >= 11 is 0. The first-order valence-electron chi connectivity index (χ1n) is 5.67. The number of hydrogen-bond donors (Lipinski definition) is 1. The summed E-state index contributed by atoms with van der Waals surface area (Å²) in [7, 11) is 1.41. The lowest BCUT2D eigenvalue weighted by Gasteiger charge is -2.20. The Balaban J connectivity index is 2.87. The first-order valence-corrected chi connectivity index (χ1v) is 5.67. The second kappa shape index (κ2) is 6.40. The standard InChI is InChI=1S/C13H13F4NO2/c1-18(5-4-13(15,16)17)11-7-9(2-3-12(19)20)6-10(14)8-11/h2-3,6-8H,4-5H2,1H3,(H,19,20)/b3-2+. The highest BCUT2D eigenvalue weighted by molar-refractivity contribution is 5.85. The van der Waals surface area contributed by atoms with Gasteiger partial charge in [0, 0.05) is 25.4 Å². The van der Waals surface area contributed by atoms with Gasteiger partial charge in [0.15, 0.2) is 0 Å². The minimum Gasteiger partial charge on any atom is -0.478 e. The van der Waals surface area contributed by atoms with E-state index in [0.717, 1.165) is 18.2 Å². The van der Waals surface area contributed by atoms with Crippen LogP contribution in [0.3, 0.4) is 0 Å². The molecule has 1 aromatic carbocycles. The van der Waals surface area contributed by atoms with Crippen LogP contribution in [0.4, 0.5) is 23.2 Å². The van der Waals surface area contributed by atoms with Gasteiger partial charge in [-0.25, -0.2) is 9.18 Å². The Hall–Kier alpha value is -2.05. The number of alkyl halides is 3. The highest BCUT2D eigenvalue weighted by Gasteiger charge is 2.27. The fourth-order valence-electron chi connectivity index (χ4n) is 1.50. The SMILES string of the molecule is CN(CCC(F)(F)F)c1cc(F)cc(/C=C/C(=O)O)c1. The van der Waals surface area contributed by atoms with Crippen LogP contribution in [-0.4, -0.2) is 30.8 Å². The molecule has 1 aromatic rings. The summed E-state index contributed by atoms with van der Waals surface area (Å²) in [6.45, 7) is -0.310. The molecule has 0 aliphatic carbocycles. The quantitative estimate of drug-likeness (QED) is 0.668. The molecule has 0 heterocycles. The zero-order chi connectivity index (χ0) is 15.3. The molecule has 0 saturated heterocycles. The molecule has 110 valence electrons. The number of carboxylic acids is 1. The van der Waals surface area contributed by atoms with Crippen molar-refractivity contribution in [3.63, 3.8) is 0 Å². The molecule has 0 aliphatic heterocycles. The van der Waals surface area contributed by atoms with Crippen molar-refractivity contribution in [2.45, 2.75) is 12.6 Å². The number of aliphatic carboxylic acids is 1. The minimum absolute atomic E-state index is 0.249. The van der Waals surface area contributed by atoms with Gasteiger partial charge in [0.25, 0.3) is 0 Å². The molecule has 0 spiro atoms. The molecule has 0 aliphatic rings. The van der Waals surface area contributed by atoms with Crippen molar-refractivity contribution >= 4 is 17.7 Å². The maximum absolute atomic E-state index is 13.4. The zero-order valence-corrected chi connectivity index (χ0v) is 10.6. The molecule has 20 heavy (non-hydrogen) atoms. The second-order valence-electron chi connectivity index (χ2n) is 4.20. The zero-order valence-electron chi connectivity index (χ0n) is 10.6. The summed E-state index contributed by atoms with van der Waals surface area (Å²) in [4.78, 5) is 11.6. The Morgan fingerprint density at radius 1 is 1.35 bits per heavy atom. The van der Waals surface area contributed by atoms with Crippen LogP contribution in [0, 0.1) is 5.82 Å². The first-order chi connectivity index (χ1) is 9.17. The van der Waals surface area contributed by atoms with Gasteiger partial charge in [0.1, 0.15) is 5.82 Å². The summed E-state index contributed by atoms with van der Waals surface area (Å²) in [6.07, 6.45) is -3.30. The van der Waals surface area contributed by atoms with Crippen LogP contribution in [0.15, 0.2) is 24.3 Å². The van der Waals surface area contributed by atoms with E-state index in [2.05, 4.69) is 0 Å². The Morgan fingerprint density at radius 2 is 2.00 bits per heavy atom. The van der Waals surface area contributed by atoms with Crippen LogP contribution in [0.2, 0.25) is 0 Å². The van der Waals surface area contributed by atoms with E-state index in [-0.39, 0.29) is 17.8 Å². The van der Waals surface area contributed by atoms with E-state index in [9.17, 15) is 22.4 Å². The number of hydrogen-bond acceptors (Lipinski definition) is 2. The maximum atomic E-state index is 13.4. The minimum atomic E-state index is -4.28. The molecule has 7 heteroatoms. The lowest BCUT2D eigenvalue weighted by atomic mass is 10.1. The number of anilines is 1. The average molecular weight is 291 g/mol. The summed E-state index contributed by atoms with van der Waals surface area (Å²) in [5, 5.41) is 8.48. The molecular formula is C13H13F4NO2.